The van der Waals surface area contributed by atoms with Gasteiger partial charge in [-0.2, -0.15) is 5.10 Å². The van der Waals surface area contributed by atoms with Crippen LogP contribution in [0.2, 0.25) is 5.02 Å². The molecule has 164 valence electrons. The second kappa shape index (κ2) is 8.34. The summed E-state index contributed by atoms with van der Waals surface area (Å²) in [4.78, 5) is 28.9. The Bertz CT molecular complexity index is 1470. The van der Waals surface area contributed by atoms with E-state index in [1.807, 2.05) is 73.7 Å². The van der Waals surface area contributed by atoms with Crippen LogP contribution in [0.3, 0.4) is 0 Å². The van der Waals surface area contributed by atoms with Gasteiger partial charge in [-0.15, -0.1) is 0 Å². The maximum atomic E-state index is 13.4. The zero-order valence-corrected chi connectivity index (χ0v) is 19.1. The smallest absolute Gasteiger partial charge is 0.258 e. The van der Waals surface area contributed by atoms with Crippen LogP contribution in [0, 0.1) is 6.92 Å². The summed E-state index contributed by atoms with van der Waals surface area (Å²) in [7, 11) is 0. The van der Waals surface area contributed by atoms with Crippen molar-refractivity contribution in [1.29, 1.82) is 0 Å². The van der Waals surface area contributed by atoms with E-state index < -0.39 is 0 Å². The molecule has 0 spiro atoms. The van der Waals surface area contributed by atoms with Crippen LogP contribution in [-0.4, -0.2) is 21.6 Å². The van der Waals surface area contributed by atoms with Crippen molar-refractivity contribution in [2.24, 2.45) is 5.10 Å². The summed E-state index contributed by atoms with van der Waals surface area (Å²) in [6.45, 7) is 3.52. The number of aromatic amines is 1. The first kappa shape index (κ1) is 21.2. The lowest BCUT2D eigenvalue weighted by molar-refractivity contribution is -0.130. The Morgan fingerprint density at radius 2 is 1.76 bits per heavy atom. The molecule has 5 nitrogen and oxygen atoms in total. The Kier molecular flexibility index (Phi) is 5.35. The van der Waals surface area contributed by atoms with E-state index in [-0.39, 0.29) is 17.5 Å². The second-order valence-electron chi connectivity index (χ2n) is 8.25. The van der Waals surface area contributed by atoms with Gasteiger partial charge in [0, 0.05) is 34.8 Å². The highest BCUT2D eigenvalue weighted by Gasteiger charge is 2.34. The molecule has 0 aliphatic carbocycles. The monoisotopic (exact) mass is 455 g/mol. The number of halogens is 1. The van der Waals surface area contributed by atoms with Gasteiger partial charge in [0.25, 0.3) is 5.56 Å². The molecule has 2 heterocycles. The lowest BCUT2D eigenvalue weighted by atomic mass is 9.90. The van der Waals surface area contributed by atoms with E-state index >= 15 is 0 Å². The number of nitrogens with one attached hydrogen (secondary N) is 1. The zero-order valence-electron chi connectivity index (χ0n) is 18.3. The standard InChI is InChI=1S/C27H22ClN3O2/c1-16-8-6-7-11-20(16)24-15-23(30-31(24)17(2)32)26-25(18-9-4-3-5-10-18)21-14-19(28)12-13-22(21)29-27(26)33/h3-14,24H,15H2,1-2H3,(H,29,33). The van der Waals surface area contributed by atoms with Crippen molar-refractivity contribution in [3.8, 4) is 11.1 Å². The number of pyridine rings is 1. The molecule has 0 saturated carbocycles. The minimum absolute atomic E-state index is 0.167. The summed E-state index contributed by atoms with van der Waals surface area (Å²) in [5, 5.41) is 7.59. The molecule has 1 aliphatic heterocycles. The van der Waals surface area contributed by atoms with Gasteiger partial charge in [-0.25, -0.2) is 5.01 Å². The average molecular weight is 456 g/mol. The predicted molar refractivity (Wildman–Crippen MR) is 133 cm³/mol. The van der Waals surface area contributed by atoms with Gasteiger partial charge in [-0.3, -0.25) is 9.59 Å². The third-order valence-electron chi connectivity index (χ3n) is 6.11. The van der Waals surface area contributed by atoms with Gasteiger partial charge in [0.2, 0.25) is 5.91 Å². The minimum atomic E-state index is -0.267. The average Bonchev–Trinajstić information content (AvgIpc) is 3.24. The molecule has 0 saturated heterocycles. The molecule has 1 atom stereocenters. The fourth-order valence-electron chi connectivity index (χ4n) is 4.60. The van der Waals surface area contributed by atoms with Crippen LogP contribution in [0.4, 0.5) is 0 Å². The van der Waals surface area contributed by atoms with Gasteiger partial charge in [0.1, 0.15) is 0 Å². The Morgan fingerprint density at radius 1 is 1.03 bits per heavy atom. The quantitative estimate of drug-likeness (QED) is 0.420. The Hall–Kier alpha value is -3.70. The molecular formula is C27H22ClN3O2. The first-order chi connectivity index (χ1) is 15.9. The van der Waals surface area contributed by atoms with Gasteiger partial charge in [0.15, 0.2) is 0 Å². The number of benzene rings is 3. The summed E-state index contributed by atoms with van der Waals surface area (Å²) in [6, 6.07) is 22.9. The van der Waals surface area contributed by atoms with E-state index in [4.69, 9.17) is 11.6 Å². The number of aromatic nitrogens is 1. The summed E-state index contributed by atoms with van der Waals surface area (Å²) in [5.74, 6) is -0.167. The largest absolute Gasteiger partial charge is 0.321 e. The third-order valence-corrected chi connectivity index (χ3v) is 6.34. The van der Waals surface area contributed by atoms with Crippen molar-refractivity contribution in [2.45, 2.75) is 26.3 Å². The van der Waals surface area contributed by atoms with Gasteiger partial charge in [-0.1, -0.05) is 66.2 Å². The molecule has 33 heavy (non-hydrogen) atoms. The molecule has 6 heteroatoms. The first-order valence-electron chi connectivity index (χ1n) is 10.8. The molecule has 0 bridgehead atoms. The maximum absolute atomic E-state index is 13.4. The highest BCUT2D eigenvalue weighted by molar-refractivity contribution is 6.31. The molecule has 1 aliphatic rings. The highest BCUT2D eigenvalue weighted by Crippen LogP contribution is 2.38. The Balaban J connectivity index is 1.76. The first-order valence-corrected chi connectivity index (χ1v) is 11.2. The SMILES string of the molecule is CC(=O)N1N=C(c2c(-c3ccccc3)c3cc(Cl)ccc3[nH]c2=O)CC1c1ccccc1C. The number of carbonyl (C=O) groups is 1. The molecule has 1 amide bonds. The van der Waals surface area contributed by atoms with Crippen LogP contribution in [0.5, 0.6) is 0 Å². The predicted octanol–water partition coefficient (Wildman–Crippen LogP) is 5.85. The summed E-state index contributed by atoms with van der Waals surface area (Å²) in [6.07, 6.45) is 0.444. The fraction of sp³-hybridized carbons (Fsp3) is 0.148. The lowest BCUT2D eigenvalue weighted by Crippen LogP contribution is -2.24. The van der Waals surface area contributed by atoms with Crippen LogP contribution in [0.1, 0.15) is 36.1 Å². The van der Waals surface area contributed by atoms with Crippen LogP contribution in [0.25, 0.3) is 22.0 Å². The number of hydrazone groups is 1. The van der Waals surface area contributed by atoms with E-state index in [1.165, 1.54) is 11.9 Å². The molecule has 1 N–H and O–H groups in total. The summed E-state index contributed by atoms with van der Waals surface area (Å²) >= 11 is 6.34. The number of aryl methyl sites for hydroxylation is 1. The van der Waals surface area contributed by atoms with Crippen LogP contribution in [-0.2, 0) is 4.79 Å². The van der Waals surface area contributed by atoms with Crippen molar-refractivity contribution >= 4 is 34.1 Å². The number of hydrogen-bond donors (Lipinski definition) is 1. The van der Waals surface area contributed by atoms with Gasteiger partial charge >= 0.3 is 0 Å². The number of nitrogens with zero attached hydrogens (tertiary/aromatic N) is 2. The number of hydrogen-bond acceptors (Lipinski definition) is 3. The van der Waals surface area contributed by atoms with E-state index in [9.17, 15) is 9.59 Å². The number of fused-ring (bicyclic) bond motifs is 1. The number of carbonyl (C=O) groups excluding carboxylic acids is 1. The van der Waals surface area contributed by atoms with Crippen LogP contribution < -0.4 is 5.56 Å². The molecule has 4 aromatic rings. The van der Waals surface area contributed by atoms with E-state index in [0.717, 1.165) is 27.6 Å². The third kappa shape index (κ3) is 3.74. The highest BCUT2D eigenvalue weighted by atomic mass is 35.5. The summed E-state index contributed by atoms with van der Waals surface area (Å²) < 4.78 is 0. The molecule has 0 radical (unpaired) electrons. The van der Waals surface area contributed by atoms with Gasteiger partial charge in [0.05, 0.1) is 17.3 Å². The molecular weight excluding hydrogens is 434 g/mol. The van der Waals surface area contributed by atoms with Crippen molar-refractivity contribution < 1.29 is 4.79 Å². The molecule has 1 aromatic heterocycles. The summed E-state index contributed by atoms with van der Waals surface area (Å²) in [5.41, 5.74) is 5.27. The zero-order chi connectivity index (χ0) is 23.1. The van der Waals surface area contributed by atoms with Crippen molar-refractivity contribution in [1.82, 2.24) is 9.99 Å². The van der Waals surface area contributed by atoms with Crippen LogP contribution in [0.15, 0.2) is 82.7 Å². The minimum Gasteiger partial charge on any atom is -0.321 e. The topological polar surface area (TPSA) is 65.5 Å². The van der Waals surface area contributed by atoms with E-state index in [2.05, 4.69) is 10.1 Å². The number of amides is 1. The van der Waals surface area contributed by atoms with E-state index in [0.29, 0.717) is 28.2 Å². The van der Waals surface area contributed by atoms with Gasteiger partial charge < -0.3 is 4.98 Å². The van der Waals surface area contributed by atoms with Crippen molar-refractivity contribution in [3.05, 3.63) is 105 Å². The maximum Gasteiger partial charge on any atom is 0.258 e. The van der Waals surface area contributed by atoms with Gasteiger partial charge in [-0.05, 0) is 41.8 Å². The fourth-order valence-corrected chi connectivity index (χ4v) is 4.77. The lowest BCUT2D eigenvalue weighted by Gasteiger charge is -2.22. The normalized spacial score (nSPS) is 15.7. The molecule has 3 aromatic carbocycles. The van der Waals surface area contributed by atoms with E-state index in [1.54, 1.807) is 6.07 Å². The molecule has 5 rings (SSSR count). The Labute approximate surface area is 196 Å². The molecule has 0 fully saturated rings. The van der Waals surface area contributed by atoms with Crippen molar-refractivity contribution in [3.63, 3.8) is 0 Å². The molecule has 1 unspecified atom stereocenters. The Morgan fingerprint density at radius 3 is 2.48 bits per heavy atom. The van der Waals surface area contributed by atoms with Crippen molar-refractivity contribution in [2.75, 3.05) is 0 Å². The second-order valence-corrected chi connectivity index (χ2v) is 8.68. The number of rotatable bonds is 3. The van der Waals surface area contributed by atoms with Crippen LogP contribution >= 0.6 is 11.6 Å². The number of H-pyrrole nitrogens is 1.